The van der Waals surface area contributed by atoms with Crippen molar-refractivity contribution < 1.29 is 14.3 Å². The van der Waals surface area contributed by atoms with Gasteiger partial charge in [-0.1, -0.05) is 30.3 Å². The van der Waals surface area contributed by atoms with E-state index in [0.29, 0.717) is 30.9 Å². The molecular formula is C23H26N6O3. The number of nitrogens with one attached hydrogen (secondary N) is 2. The number of nitrogens with two attached hydrogens (primary N) is 2. The van der Waals surface area contributed by atoms with E-state index >= 15 is 0 Å². The SMILES string of the molecule is COCCNC(=O)c1ncccc1NC(=O)c1ccc(CN(N)/C=C\N)c2ccccc12. The zero-order valence-electron chi connectivity index (χ0n) is 17.7. The molecule has 0 aliphatic rings. The lowest BCUT2D eigenvalue weighted by Gasteiger charge is -2.17. The van der Waals surface area contributed by atoms with E-state index in [2.05, 4.69) is 15.6 Å². The molecule has 166 valence electrons. The van der Waals surface area contributed by atoms with Crippen LogP contribution in [0.4, 0.5) is 5.69 Å². The molecule has 0 saturated carbocycles. The highest BCUT2D eigenvalue weighted by Gasteiger charge is 2.17. The molecule has 3 rings (SSSR count). The van der Waals surface area contributed by atoms with Crippen molar-refractivity contribution in [3.05, 3.63) is 83.9 Å². The zero-order valence-corrected chi connectivity index (χ0v) is 17.7. The highest BCUT2D eigenvalue weighted by molar-refractivity contribution is 6.15. The first-order valence-corrected chi connectivity index (χ1v) is 9.99. The van der Waals surface area contributed by atoms with E-state index in [-0.39, 0.29) is 11.6 Å². The van der Waals surface area contributed by atoms with E-state index in [0.717, 1.165) is 16.3 Å². The van der Waals surface area contributed by atoms with Crippen molar-refractivity contribution in [1.29, 1.82) is 0 Å². The summed E-state index contributed by atoms with van der Waals surface area (Å²) in [5.41, 5.74) is 7.27. The van der Waals surface area contributed by atoms with Gasteiger partial charge in [-0.15, -0.1) is 0 Å². The molecule has 2 aromatic carbocycles. The summed E-state index contributed by atoms with van der Waals surface area (Å²) >= 11 is 0. The first kappa shape index (κ1) is 22.7. The predicted molar refractivity (Wildman–Crippen MR) is 123 cm³/mol. The highest BCUT2D eigenvalue weighted by atomic mass is 16.5. The standard InChI is InChI=1S/C23H26N6O3/c1-32-14-12-27-23(31)21-20(7-4-11-26-21)28-22(30)19-9-8-16(15-29(25)13-10-24)17-5-2-3-6-18(17)19/h2-11,13H,12,14-15,24-25H2,1H3,(H,27,31)(H,28,30)/b13-10-. The van der Waals surface area contributed by atoms with Gasteiger partial charge in [0.1, 0.15) is 0 Å². The fourth-order valence-corrected chi connectivity index (χ4v) is 3.28. The van der Waals surface area contributed by atoms with Crippen LogP contribution in [0.3, 0.4) is 0 Å². The number of aromatic nitrogens is 1. The number of ether oxygens (including phenoxy) is 1. The molecule has 2 amide bonds. The van der Waals surface area contributed by atoms with E-state index in [9.17, 15) is 9.59 Å². The van der Waals surface area contributed by atoms with E-state index in [1.165, 1.54) is 17.4 Å². The average Bonchev–Trinajstić information content (AvgIpc) is 2.80. The Kier molecular flexibility index (Phi) is 7.74. The van der Waals surface area contributed by atoms with Crippen LogP contribution in [0, 0.1) is 0 Å². The van der Waals surface area contributed by atoms with Gasteiger partial charge in [-0.2, -0.15) is 0 Å². The maximum absolute atomic E-state index is 13.1. The van der Waals surface area contributed by atoms with E-state index in [4.69, 9.17) is 16.3 Å². The number of pyridine rings is 1. The molecule has 32 heavy (non-hydrogen) atoms. The Balaban J connectivity index is 1.88. The van der Waals surface area contributed by atoms with Crippen molar-refractivity contribution in [3.8, 4) is 0 Å². The van der Waals surface area contributed by atoms with Crippen LogP contribution in [-0.4, -0.2) is 42.1 Å². The number of rotatable bonds is 9. The lowest BCUT2D eigenvalue weighted by molar-refractivity contribution is 0.0933. The van der Waals surface area contributed by atoms with Crippen molar-refractivity contribution >= 4 is 28.3 Å². The third-order valence-electron chi connectivity index (χ3n) is 4.75. The number of hydrazine groups is 1. The van der Waals surface area contributed by atoms with Crippen LogP contribution in [-0.2, 0) is 11.3 Å². The van der Waals surface area contributed by atoms with Crippen LogP contribution >= 0.6 is 0 Å². The summed E-state index contributed by atoms with van der Waals surface area (Å²) in [6.45, 7) is 1.13. The van der Waals surface area contributed by atoms with Gasteiger partial charge in [-0.05, 0) is 34.5 Å². The van der Waals surface area contributed by atoms with Crippen molar-refractivity contribution in [1.82, 2.24) is 15.3 Å². The third-order valence-corrected chi connectivity index (χ3v) is 4.75. The lowest BCUT2D eigenvalue weighted by atomic mass is 9.98. The number of methoxy groups -OCH3 is 1. The van der Waals surface area contributed by atoms with Gasteiger partial charge in [0.25, 0.3) is 11.8 Å². The Labute approximate surface area is 186 Å². The maximum Gasteiger partial charge on any atom is 0.272 e. The van der Waals surface area contributed by atoms with Crippen molar-refractivity contribution in [2.45, 2.75) is 6.54 Å². The number of anilines is 1. The Morgan fingerprint density at radius 3 is 2.62 bits per heavy atom. The monoisotopic (exact) mass is 434 g/mol. The predicted octanol–water partition coefficient (Wildman–Crippen LogP) is 1.97. The van der Waals surface area contributed by atoms with Crippen molar-refractivity contribution in [2.75, 3.05) is 25.6 Å². The molecule has 0 radical (unpaired) electrons. The topological polar surface area (TPSA) is 136 Å². The zero-order chi connectivity index (χ0) is 22.9. The van der Waals surface area contributed by atoms with Gasteiger partial charge in [-0.3, -0.25) is 9.59 Å². The quantitative estimate of drug-likeness (QED) is 0.230. The molecule has 0 saturated heterocycles. The molecule has 1 aromatic heterocycles. The molecule has 0 unspecified atom stereocenters. The van der Waals surface area contributed by atoms with Gasteiger partial charge in [-0.25, -0.2) is 10.8 Å². The molecule has 0 spiro atoms. The van der Waals surface area contributed by atoms with Gasteiger partial charge < -0.3 is 26.1 Å². The van der Waals surface area contributed by atoms with E-state index in [1.807, 2.05) is 30.3 Å². The molecule has 0 fully saturated rings. The second kappa shape index (κ2) is 10.9. The minimum Gasteiger partial charge on any atom is -0.403 e. The first-order chi connectivity index (χ1) is 15.5. The summed E-state index contributed by atoms with van der Waals surface area (Å²) < 4.78 is 4.94. The molecule has 0 atom stereocenters. The van der Waals surface area contributed by atoms with Gasteiger partial charge >= 0.3 is 0 Å². The summed E-state index contributed by atoms with van der Waals surface area (Å²) in [4.78, 5) is 29.7. The molecule has 3 aromatic rings. The van der Waals surface area contributed by atoms with Crippen LogP contribution in [0.15, 0.2) is 67.1 Å². The summed E-state index contributed by atoms with van der Waals surface area (Å²) in [5.74, 6) is 5.19. The maximum atomic E-state index is 13.1. The van der Waals surface area contributed by atoms with Crippen LogP contribution in [0.1, 0.15) is 26.4 Å². The molecule has 0 aliphatic heterocycles. The van der Waals surface area contributed by atoms with Gasteiger partial charge in [0, 0.05) is 37.8 Å². The summed E-state index contributed by atoms with van der Waals surface area (Å²) in [5, 5.41) is 8.65. The number of hydrogen-bond donors (Lipinski definition) is 4. The molecule has 0 bridgehead atoms. The van der Waals surface area contributed by atoms with Crippen LogP contribution < -0.4 is 22.2 Å². The number of hydrogen-bond acceptors (Lipinski definition) is 7. The Morgan fingerprint density at radius 1 is 1.09 bits per heavy atom. The normalized spacial score (nSPS) is 10.9. The fourth-order valence-electron chi connectivity index (χ4n) is 3.28. The summed E-state index contributed by atoms with van der Waals surface area (Å²) in [6, 6.07) is 14.4. The van der Waals surface area contributed by atoms with Gasteiger partial charge in [0.15, 0.2) is 5.69 Å². The molecule has 6 N–H and O–H groups in total. The number of amides is 2. The Bertz CT molecular complexity index is 1130. The minimum absolute atomic E-state index is 0.130. The summed E-state index contributed by atoms with van der Waals surface area (Å²) in [7, 11) is 1.55. The molecule has 0 aliphatic carbocycles. The number of carbonyl (C=O) groups is 2. The van der Waals surface area contributed by atoms with Gasteiger partial charge in [0.2, 0.25) is 0 Å². The fraction of sp³-hybridized carbons (Fsp3) is 0.174. The lowest BCUT2D eigenvalue weighted by Crippen LogP contribution is -2.29. The van der Waals surface area contributed by atoms with Crippen LogP contribution in [0.2, 0.25) is 0 Å². The van der Waals surface area contributed by atoms with Crippen LogP contribution in [0.25, 0.3) is 10.8 Å². The minimum atomic E-state index is -0.394. The molecule has 9 nitrogen and oxygen atoms in total. The third kappa shape index (κ3) is 5.39. The molecule has 9 heteroatoms. The number of nitrogens with zero attached hydrogens (tertiary/aromatic N) is 2. The second-order valence-corrected chi connectivity index (χ2v) is 6.93. The Hall–Kier alpha value is -3.95. The molecular weight excluding hydrogens is 408 g/mol. The number of carbonyl (C=O) groups excluding carboxylic acids is 2. The van der Waals surface area contributed by atoms with Gasteiger partial charge in [0.05, 0.1) is 18.8 Å². The highest BCUT2D eigenvalue weighted by Crippen LogP contribution is 2.25. The first-order valence-electron chi connectivity index (χ1n) is 9.99. The smallest absolute Gasteiger partial charge is 0.272 e. The van der Waals surface area contributed by atoms with E-state index in [1.54, 1.807) is 31.5 Å². The largest absolute Gasteiger partial charge is 0.403 e. The molecule has 1 heterocycles. The summed E-state index contributed by atoms with van der Waals surface area (Å²) in [6.07, 6.45) is 4.43. The number of benzene rings is 2. The van der Waals surface area contributed by atoms with Crippen LogP contribution in [0.5, 0.6) is 0 Å². The Morgan fingerprint density at radius 2 is 1.88 bits per heavy atom. The number of fused-ring (bicyclic) bond motifs is 1. The van der Waals surface area contributed by atoms with Crippen molar-refractivity contribution in [2.24, 2.45) is 11.6 Å². The average molecular weight is 435 g/mol. The van der Waals surface area contributed by atoms with E-state index < -0.39 is 5.91 Å². The second-order valence-electron chi connectivity index (χ2n) is 6.93. The van der Waals surface area contributed by atoms with Crippen molar-refractivity contribution in [3.63, 3.8) is 0 Å².